The van der Waals surface area contributed by atoms with E-state index in [4.69, 9.17) is 0 Å². The van der Waals surface area contributed by atoms with Crippen molar-refractivity contribution in [3.05, 3.63) is 29.3 Å². The van der Waals surface area contributed by atoms with Gasteiger partial charge in [0.25, 0.3) is 0 Å². The molecule has 0 saturated heterocycles. The standard InChI is InChI=1S/C14H23NS/c1-6-15-12(4)13(5)16-14-9-10(2)7-8-11(14)3/h7-9,12-13,15H,6H2,1-5H3. The smallest absolute Gasteiger partial charge is 0.0217 e. The van der Waals surface area contributed by atoms with Crippen LogP contribution in [0.1, 0.15) is 31.9 Å². The Hall–Kier alpha value is -0.470. The highest BCUT2D eigenvalue weighted by atomic mass is 32.2. The van der Waals surface area contributed by atoms with Gasteiger partial charge in [-0.2, -0.15) is 0 Å². The van der Waals surface area contributed by atoms with Gasteiger partial charge in [-0.15, -0.1) is 11.8 Å². The van der Waals surface area contributed by atoms with Crippen molar-refractivity contribution in [3.63, 3.8) is 0 Å². The molecular weight excluding hydrogens is 214 g/mol. The molecule has 2 heteroatoms. The molecule has 2 atom stereocenters. The van der Waals surface area contributed by atoms with Crippen molar-refractivity contribution in [1.29, 1.82) is 0 Å². The molecular formula is C14H23NS. The maximum Gasteiger partial charge on any atom is 0.0217 e. The molecule has 2 unspecified atom stereocenters. The van der Waals surface area contributed by atoms with Crippen LogP contribution in [-0.4, -0.2) is 17.8 Å². The first kappa shape index (κ1) is 13.6. The van der Waals surface area contributed by atoms with Gasteiger partial charge in [0.1, 0.15) is 0 Å². The van der Waals surface area contributed by atoms with Gasteiger partial charge in [0.2, 0.25) is 0 Å². The summed E-state index contributed by atoms with van der Waals surface area (Å²) in [4.78, 5) is 1.41. The zero-order valence-corrected chi connectivity index (χ0v) is 11.8. The number of thioether (sulfide) groups is 1. The summed E-state index contributed by atoms with van der Waals surface area (Å²) in [6.45, 7) is 12.1. The Kier molecular flexibility index (Phi) is 5.36. The Bertz CT molecular complexity index is 336. The van der Waals surface area contributed by atoms with E-state index in [1.165, 1.54) is 16.0 Å². The van der Waals surface area contributed by atoms with E-state index in [2.05, 4.69) is 58.1 Å². The lowest BCUT2D eigenvalue weighted by molar-refractivity contribution is 0.563. The predicted octanol–water partition coefficient (Wildman–Crippen LogP) is 3.78. The Balaban J connectivity index is 2.68. The molecule has 0 amide bonds. The van der Waals surface area contributed by atoms with Gasteiger partial charge in [-0.05, 0) is 38.9 Å². The van der Waals surface area contributed by atoms with Gasteiger partial charge >= 0.3 is 0 Å². The Morgan fingerprint density at radius 3 is 2.56 bits per heavy atom. The highest BCUT2D eigenvalue weighted by molar-refractivity contribution is 8.00. The molecule has 1 N–H and O–H groups in total. The van der Waals surface area contributed by atoms with Gasteiger partial charge in [0, 0.05) is 16.2 Å². The molecule has 0 radical (unpaired) electrons. The molecule has 1 rings (SSSR count). The first-order valence-corrected chi connectivity index (χ1v) is 6.89. The van der Waals surface area contributed by atoms with Crippen LogP contribution in [-0.2, 0) is 0 Å². The van der Waals surface area contributed by atoms with Crippen molar-refractivity contribution in [1.82, 2.24) is 5.32 Å². The van der Waals surface area contributed by atoms with Gasteiger partial charge in [-0.25, -0.2) is 0 Å². The van der Waals surface area contributed by atoms with E-state index in [-0.39, 0.29) is 0 Å². The number of benzene rings is 1. The van der Waals surface area contributed by atoms with E-state index in [1.54, 1.807) is 0 Å². The lowest BCUT2D eigenvalue weighted by Gasteiger charge is -2.21. The van der Waals surface area contributed by atoms with E-state index >= 15 is 0 Å². The van der Waals surface area contributed by atoms with E-state index in [0.717, 1.165) is 6.54 Å². The molecule has 0 saturated carbocycles. The molecule has 1 aromatic rings. The van der Waals surface area contributed by atoms with E-state index in [1.807, 2.05) is 11.8 Å². The fourth-order valence-corrected chi connectivity index (χ4v) is 2.83. The van der Waals surface area contributed by atoms with Crippen LogP contribution in [0, 0.1) is 13.8 Å². The van der Waals surface area contributed by atoms with Crippen molar-refractivity contribution >= 4 is 11.8 Å². The molecule has 16 heavy (non-hydrogen) atoms. The first-order valence-electron chi connectivity index (χ1n) is 6.02. The van der Waals surface area contributed by atoms with Crippen LogP contribution in [0.25, 0.3) is 0 Å². The van der Waals surface area contributed by atoms with Crippen molar-refractivity contribution in [2.45, 2.75) is 50.8 Å². The van der Waals surface area contributed by atoms with Gasteiger partial charge in [0.05, 0.1) is 0 Å². The fraction of sp³-hybridized carbons (Fsp3) is 0.571. The molecule has 0 aliphatic heterocycles. The summed E-state index contributed by atoms with van der Waals surface area (Å²) in [6.07, 6.45) is 0. The third-order valence-electron chi connectivity index (χ3n) is 2.89. The summed E-state index contributed by atoms with van der Waals surface area (Å²) in [7, 11) is 0. The summed E-state index contributed by atoms with van der Waals surface area (Å²) < 4.78 is 0. The van der Waals surface area contributed by atoms with Crippen LogP contribution in [0.3, 0.4) is 0 Å². The SMILES string of the molecule is CCNC(C)C(C)Sc1cc(C)ccc1C. The molecule has 1 aromatic carbocycles. The Labute approximate surface area is 104 Å². The predicted molar refractivity (Wildman–Crippen MR) is 74.4 cm³/mol. The second-order valence-electron chi connectivity index (χ2n) is 4.44. The molecule has 0 aromatic heterocycles. The Morgan fingerprint density at radius 1 is 1.25 bits per heavy atom. The minimum absolute atomic E-state index is 0.551. The number of nitrogens with one attached hydrogen (secondary N) is 1. The van der Waals surface area contributed by atoms with Crippen LogP contribution < -0.4 is 5.32 Å². The van der Waals surface area contributed by atoms with Crippen molar-refractivity contribution in [3.8, 4) is 0 Å². The largest absolute Gasteiger partial charge is 0.313 e. The van der Waals surface area contributed by atoms with Crippen molar-refractivity contribution in [2.75, 3.05) is 6.54 Å². The summed E-state index contributed by atoms with van der Waals surface area (Å²) in [6, 6.07) is 7.23. The number of aryl methyl sites for hydroxylation is 2. The molecule has 0 aliphatic carbocycles. The second kappa shape index (κ2) is 6.31. The van der Waals surface area contributed by atoms with Gasteiger partial charge in [-0.3, -0.25) is 0 Å². The normalized spacial score (nSPS) is 14.8. The molecule has 0 aliphatic rings. The van der Waals surface area contributed by atoms with Gasteiger partial charge in [-0.1, -0.05) is 31.5 Å². The molecule has 90 valence electrons. The van der Waals surface area contributed by atoms with E-state index in [9.17, 15) is 0 Å². The summed E-state index contributed by atoms with van der Waals surface area (Å²) in [5.74, 6) is 0. The maximum absolute atomic E-state index is 3.48. The molecule has 0 heterocycles. The number of hydrogen-bond donors (Lipinski definition) is 1. The number of hydrogen-bond acceptors (Lipinski definition) is 2. The average Bonchev–Trinajstić information content (AvgIpc) is 2.23. The first-order chi connectivity index (χ1) is 7.54. The molecule has 0 spiro atoms. The van der Waals surface area contributed by atoms with Crippen LogP contribution in [0.5, 0.6) is 0 Å². The van der Waals surface area contributed by atoms with E-state index in [0.29, 0.717) is 11.3 Å². The van der Waals surface area contributed by atoms with Crippen LogP contribution >= 0.6 is 11.8 Å². The summed E-state index contributed by atoms with van der Waals surface area (Å²) in [5, 5.41) is 4.08. The van der Waals surface area contributed by atoms with Crippen LogP contribution in [0.4, 0.5) is 0 Å². The van der Waals surface area contributed by atoms with Gasteiger partial charge < -0.3 is 5.32 Å². The monoisotopic (exact) mass is 237 g/mol. The van der Waals surface area contributed by atoms with Crippen molar-refractivity contribution < 1.29 is 0 Å². The minimum atomic E-state index is 0.551. The minimum Gasteiger partial charge on any atom is -0.313 e. The van der Waals surface area contributed by atoms with Gasteiger partial charge in [0.15, 0.2) is 0 Å². The summed E-state index contributed by atoms with van der Waals surface area (Å²) in [5.41, 5.74) is 2.72. The third kappa shape index (κ3) is 3.84. The van der Waals surface area contributed by atoms with E-state index < -0.39 is 0 Å². The third-order valence-corrected chi connectivity index (χ3v) is 4.36. The fourth-order valence-electron chi connectivity index (χ4n) is 1.62. The van der Waals surface area contributed by atoms with Crippen molar-refractivity contribution in [2.24, 2.45) is 0 Å². The maximum atomic E-state index is 3.48. The highest BCUT2D eigenvalue weighted by Crippen LogP contribution is 2.28. The zero-order valence-electron chi connectivity index (χ0n) is 11.0. The second-order valence-corrected chi connectivity index (χ2v) is 5.86. The highest BCUT2D eigenvalue weighted by Gasteiger charge is 2.13. The molecule has 1 nitrogen and oxygen atoms in total. The topological polar surface area (TPSA) is 12.0 Å². The zero-order chi connectivity index (χ0) is 12.1. The lowest BCUT2D eigenvalue weighted by atomic mass is 10.2. The quantitative estimate of drug-likeness (QED) is 0.782. The number of rotatable bonds is 5. The van der Waals surface area contributed by atoms with Crippen LogP contribution in [0.2, 0.25) is 0 Å². The Morgan fingerprint density at radius 2 is 1.94 bits per heavy atom. The summed E-state index contributed by atoms with van der Waals surface area (Å²) >= 11 is 1.97. The average molecular weight is 237 g/mol. The lowest BCUT2D eigenvalue weighted by Crippen LogP contribution is -2.33. The van der Waals surface area contributed by atoms with Crippen LogP contribution in [0.15, 0.2) is 23.1 Å². The molecule has 0 bridgehead atoms. The molecule has 0 fully saturated rings.